The number of rotatable bonds is 5. The van der Waals surface area contributed by atoms with Crippen molar-refractivity contribution in [2.75, 3.05) is 0 Å². The monoisotopic (exact) mass is 370 g/mol. The van der Waals surface area contributed by atoms with E-state index < -0.39 is 10.8 Å². The van der Waals surface area contributed by atoms with Gasteiger partial charge in [-0.15, -0.1) is 0 Å². The largest absolute Gasteiger partial charge is 0.455 e. The van der Waals surface area contributed by atoms with Crippen LogP contribution in [0.5, 0.6) is 0 Å². The van der Waals surface area contributed by atoms with Crippen molar-refractivity contribution in [1.82, 2.24) is 10.4 Å². The van der Waals surface area contributed by atoms with Gasteiger partial charge in [-0.3, -0.25) is 14.9 Å². The molecule has 0 radical (unpaired) electrons. The number of halogens is 1. The maximum atomic E-state index is 11.9. The van der Waals surface area contributed by atoms with Crippen LogP contribution in [0.15, 0.2) is 64.2 Å². The average molecular weight is 371 g/mol. The van der Waals surface area contributed by atoms with Gasteiger partial charge in [0.05, 0.1) is 22.3 Å². The Hall–Kier alpha value is -3.52. The Kier molecular flexibility index (Phi) is 5.04. The molecule has 0 aliphatic carbocycles. The average Bonchev–Trinajstić information content (AvgIpc) is 3.10. The van der Waals surface area contributed by atoms with Crippen LogP contribution in [0.2, 0.25) is 5.15 Å². The molecule has 0 aliphatic heterocycles. The molecule has 2 heterocycles. The van der Waals surface area contributed by atoms with Crippen molar-refractivity contribution >= 4 is 29.4 Å². The van der Waals surface area contributed by atoms with Crippen molar-refractivity contribution in [3.63, 3.8) is 0 Å². The zero-order valence-electron chi connectivity index (χ0n) is 13.1. The van der Waals surface area contributed by atoms with Crippen LogP contribution < -0.4 is 5.43 Å². The molecule has 3 aromatic rings. The summed E-state index contributed by atoms with van der Waals surface area (Å²) in [5, 5.41) is 14.9. The number of hydrogen-bond donors (Lipinski definition) is 1. The van der Waals surface area contributed by atoms with E-state index in [9.17, 15) is 14.9 Å². The highest BCUT2D eigenvalue weighted by molar-refractivity contribution is 6.32. The maximum absolute atomic E-state index is 11.9. The van der Waals surface area contributed by atoms with Crippen molar-refractivity contribution < 1.29 is 14.1 Å². The highest BCUT2D eigenvalue weighted by Crippen LogP contribution is 2.30. The van der Waals surface area contributed by atoms with Crippen molar-refractivity contribution in [3.05, 3.63) is 81.3 Å². The molecule has 1 amide bonds. The maximum Gasteiger partial charge on any atom is 0.280 e. The second-order valence-electron chi connectivity index (χ2n) is 5.02. The number of pyridine rings is 1. The van der Waals surface area contributed by atoms with Gasteiger partial charge >= 0.3 is 0 Å². The number of nitrogens with zero attached hydrogens (tertiary/aromatic N) is 3. The van der Waals surface area contributed by atoms with Gasteiger partial charge in [0.2, 0.25) is 0 Å². The summed E-state index contributed by atoms with van der Waals surface area (Å²) in [7, 11) is 0. The van der Waals surface area contributed by atoms with Crippen LogP contribution in [0.3, 0.4) is 0 Å². The topological polar surface area (TPSA) is 111 Å². The van der Waals surface area contributed by atoms with E-state index in [4.69, 9.17) is 16.0 Å². The lowest BCUT2D eigenvalue weighted by molar-refractivity contribution is -0.384. The molecule has 1 aromatic carbocycles. The lowest BCUT2D eigenvalue weighted by atomic mass is 10.1. The summed E-state index contributed by atoms with van der Waals surface area (Å²) < 4.78 is 5.53. The predicted molar refractivity (Wildman–Crippen MR) is 95.1 cm³/mol. The van der Waals surface area contributed by atoms with Crippen LogP contribution in [0.4, 0.5) is 5.69 Å². The van der Waals surface area contributed by atoms with Crippen LogP contribution in [-0.4, -0.2) is 22.0 Å². The van der Waals surface area contributed by atoms with Crippen molar-refractivity contribution in [1.29, 1.82) is 0 Å². The Balaban J connectivity index is 1.73. The quantitative estimate of drug-likeness (QED) is 0.319. The summed E-state index contributed by atoms with van der Waals surface area (Å²) in [5.74, 6) is 0.112. The summed E-state index contributed by atoms with van der Waals surface area (Å²) in [6.45, 7) is 0. The zero-order chi connectivity index (χ0) is 18.5. The number of hydrogen-bond acceptors (Lipinski definition) is 6. The van der Waals surface area contributed by atoms with Crippen LogP contribution >= 0.6 is 11.6 Å². The van der Waals surface area contributed by atoms with Gasteiger partial charge in [0, 0.05) is 12.3 Å². The third kappa shape index (κ3) is 3.76. The van der Waals surface area contributed by atoms with Gasteiger partial charge in [-0.05, 0) is 30.3 Å². The molecule has 0 bridgehead atoms. The molecular weight excluding hydrogens is 360 g/mol. The number of benzene rings is 1. The van der Waals surface area contributed by atoms with Crippen molar-refractivity contribution in [3.8, 4) is 11.3 Å². The molecule has 0 spiro atoms. The number of nitro groups is 1. The molecule has 8 nitrogen and oxygen atoms in total. The number of carbonyl (C=O) groups excluding carboxylic acids is 1. The predicted octanol–water partition coefficient (Wildman–Crippen LogP) is 3.67. The third-order valence-corrected chi connectivity index (χ3v) is 3.66. The summed E-state index contributed by atoms with van der Waals surface area (Å²) in [4.78, 5) is 26.4. The molecule has 1 N–H and O–H groups in total. The van der Waals surface area contributed by atoms with Crippen LogP contribution in [0, 0.1) is 10.1 Å². The Bertz CT molecular complexity index is 1000. The molecule has 2 aromatic heterocycles. The van der Waals surface area contributed by atoms with Crippen LogP contribution in [0.25, 0.3) is 11.3 Å². The van der Waals surface area contributed by atoms with E-state index in [2.05, 4.69) is 15.5 Å². The number of nitrogens with one attached hydrogen (secondary N) is 1. The number of furan rings is 1. The van der Waals surface area contributed by atoms with E-state index in [0.29, 0.717) is 17.1 Å². The molecular formula is C17H11ClN4O4. The van der Waals surface area contributed by atoms with Gasteiger partial charge in [0.1, 0.15) is 16.7 Å². The first-order chi connectivity index (χ1) is 12.6. The molecule has 130 valence electrons. The van der Waals surface area contributed by atoms with E-state index in [-0.39, 0.29) is 16.4 Å². The molecule has 0 aliphatic rings. The smallest absolute Gasteiger partial charge is 0.280 e. The number of nitro benzene ring substituents is 1. The molecule has 0 saturated heterocycles. The Morgan fingerprint density at radius 2 is 2.04 bits per heavy atom. The normalized spacial score (nSPS) is 10.8. The Morgan fingerprint density at radius 1 is 1.23 bits per heavy atom. The van der Waals surface area contributed by atoms with E-state index in [0.717, 1.165) is 0 Å². The molecule has 0 fully saturated rings. The van der Waals surface area contributed by atoms with Gasteiger partial charge in [-0.2, -0.15) is 5.10 Å². The van der Waals surface area contributed by atoms with Gasteiger partial charge in [-0.1, -0.05) is 23.7 Å². The number of carbonyl (C=O) groups is 1. The Labute approximate surface area is 152 Å². The highest BCUT2D eigenvalue weighted by atomic mass is 35.5. The minimum Gasteiger partial charge on any atom is -0.455 e. The Morgan fingerprint density at radius 3 is 2.81 bits per heavy atom. The third-order valence-electron chi connectivity index (χ3n) is 3.35. The molecule has 3 rings (SSSR count). The fourth-order valence-corrected chi connectivity index (χ4v) is 2.38. The fourth-order valence-electron chi connectivity index (χ4n) is 2.18. The number of hydrazone groups is 1. The zero-order valence-corrected chi connectivity index (χ0v) is 13.9. The lowest BCUT2D eigenvalue weighted by Gasteiger charge is -2.00. The van der Waals surface area contributed by atoms with E-state index in [1.807, 2.05) is 0 Å². The van der Waals surface area contributed by atoms with Crippen LogP contribution in [-0.2, 0) is 0 Å². The first-order valence-electron chi connectivity index (χ1n) is 7.34. The van der Waals surface area contributed by atoms with E-state index in [1.54, 1.807) is 36.4 Å². The standard InChI is InChI=1S/C17H11ClN4O4/c18-16-13(5-3-9-19-16)17(23)21-20-10-11-7-8-15(26-11)12-4-1-2-6-14(12)22(24)25/h1-10H,(H,21,23). The fraction of sp³-hybridized carbons (Fsp3) is 0. The summed E-state index contributed by atoms with van der Waals surface area (Å²) in [5.41, 5.74) is 2.78. The number of amides is 1. The van der Waals surface area contributed by atoms with E-state index in [1.165, 1.54) is 24.5 Å². The van der Waals surface area contributed by atoms with Crippen LogP contribution in [0.1, 0.15) is 16.1 Å². The van der Waals surface area contributed by atoms with Crippen molar-refractivity contribution in [2.45, 2.75) is 0 Å². The lowest BCUT2D eigenvalue weighted by Crippen LogP contribution is -2.18. The first kappa shape index (κ1) is 17.3. The van der Waals surface area contributed by atoms with Gasteiger partial charge < -0.3 is 4.42 Å². The van der Waals surface area contributed by atoms with E-state index >= 15 is 0 Å². The highest BCUT2D eigenvalue weighted by Gasteiger charge is 2.16. The van der Waals surface area contributed by atoms with Gasteiger partial charge in [0.25, 0.3) is 11.6 Å². The van der Waals surface area contributed by atoms with Gasteiger partial charge in [-0.25, -0.2) is 10.4 Å². The molecule has 26 heavy (non-hydrogen) atoms. The molecule has 0 unspecified atom stereocenters. The van der Waals surface area contributed by atoms with Crippen molar-refractivity contribution in [2.24, 2.45) is 5.10 Å². The SMILES string of the molecule is O=C(NN=Cc1ccc(-c2ccccc2[N+](=O)[O-])o1)c1cccnc1Cl. The molecule has 0 saturated carbocycles. The first-order valence-corrected chi connectivity index (χ1v) is 7.71. The molecule has 9 heteroatoms. The second-order valence-corrected chi connectivity index (χ2v) is 5.38. The number of aromatic nitrogens is 1. The second kappa shape index (κ2) is 7.58. The number of para-hydroxylation sites is 1. The molecule has 0 atom stereocenters. The summed E-state index contributed by atoms with van der Waals surface area (Å²) in [6, 6.07) is 12.5. The summed E-state index contributed by atoms with van der Waals surface area (Å²) in [6.07, 6.45) is 2.75. The minimum absolute atomic E-state index is 0.0649. The summed E-state index contributed by atoms with van der Waals surface area (Å²) >= 11 is 5.83. The van der Waals surface area contributed by atoms with Gasteiger partial charge in [0.15, 0.2) is 0 Å². The minimum atomic E-state index is -0.523.